The van der Waals surface area contributed by atoms with E-state index in [4.69, 9.17) is 4.74 Å². The first-order chi connectivity index (χ1) is 16.9. The highest BCUT2D eigenvalue weighted by atomic mass is 32.2. The van der Waals surface area contributed by atoms with Gasteiger partial charge in [-0.15, -0.1) is 6.58 Å². The Balaban J connectivity index is 1.60. The van der Waals surface area contributed by atoms with E-state index in [9.17, 15) is 8.42 Å². The van der Waals surface area contributed by atoms with Crippen LogP contribution in [0.1, 0.15) is 30.0 Å². The average molecular weight is 490 g/mol. The van der Waals surface area contributed by atoms with Gasteiger partial charge in [-0.05, 0) is 78.7 Å². The van der Waals surface area contributed by atoms with Crippen molar-refractivity contribution in [3.8, 4) is 5.75 Å². The number of benzene rings is 2. The number of ether oxygens (including phenoxy) is 1. The quantitative estimate of drug-likeness (QED) is 0.460. The zero-order chi connectivity index (χ0) is 24.6. The van der Waals surface area contributed by atoms with Gasteiger partial charge in [-0.1, -0.05) is 30.9 Å². The van der Waals surface area contributed by atoms with Crippen molar-refractivity contribution in [3.05, 3.63) is 85.1 Å². The Labute approximate surface area is 207 Å². The van der Waals surface area contributed by atoms with Crippen LogP contribution in [0.4, 0.5) is 0 Å². The van der Waals surface area contributed by atoms with Crippen molar-refractivity contribution in [1.82, 2.24) is 14.6 Å². The summed E-state index contributed by atoms with van der Waals surface area (Å²) in [4.78, 5) is 7.19. The van der Waals surface area contributed by atoms with Crippen molar-refractivity contribution in [1.29, 1.82) is 0 Å². The summed E-state index contributed by atoms with van der Waals surface area (Å²) in [6.45, 7) is 9.65. The van der Waals surface area contributed by atoms with Crippen molar-refractivity contribution in [2.45, 2.75) is 29.8 Å². The number of fused-ring (bicyclic) bond motifs is 4. The van der Waals surface area contributed by atoms with Crippen LogP contribution in [0, 0.1) is 11.8 Å². The topological polar surface area (TPSA) is 71.5 Å². The summed E-state index contributed by atoms with van der Waals surface area (Å²) in [6.07, 6.45) is 7.53. The Morgan fingerprint density at radius 1 is 1.17 bits per heavy atom. The first-order valence-corrected chi connectivity index (χ1v) is 13.5. The maximum atomic E-state index is 13.6. The van der Waals surface area contributed by atoms with Crippen LogP contribution in [0.25, 0.3) is 17.0 Å². The van der Waals surface area contributed by atoms with Gasteiger partial charge in [0.25, 0.3) is 0 Å². The van der Waals surface area contributed by atoms with Crippen LogP contribution >= 0.6 is 0 Å². The Bertz CT molecular complexity index is 1350. The fourth-order valence-corrected chi connectivity index (χ4v) is 6.89. The smallest absolute Gasteiger partial charge is 0.241 e. The molecule has 3 aromatic rings. The van der Waals surface area contributed by atoms with Gasteiger partial charge in [0.2, 0.25) is 10.0 Å². The zero-order valence-corrected chi connectivity index (χ0v) is 20.7. The second-order valence-corrected chi connectivity index (χ2v) is 11.1. The predicted molar refractivity (Wildman–Crippen MR) is 140 cm³/mol. The molecule has 0 radical (unpaired) electrons. The van der Waals surface area contributed by atoms with Gasteiger partial charge in [-0.2, -0.15) is 0 Å². The van der Waals surface area contributed by atoms with Crippen LogP contribution in [0.5, 0.6) is 5.75 Å². The van der Waals surface area contributed by atoms with Gasteiger partial charge < -0.3 is 4.74 Å². The summed E-state index contributed by atoms with van der Waals surface area (Å²) in [7, 11) is -2.15. The molecule has 4 heterocycles. The van der Waals surface area contributed by atoms with Crippen LogP contribution in [0.3, 0.4) is 0 Å². The van der Waals surface area contributed by atoms with Gasteiger partial charge in [-0.25, -0.2) is 13.1 Å². The highest BCUT2D eigenvalue weighted by Crippen LogP contribution is 2.42. The van der Waals surface area contributed by atoms with E-state index in [1.165, 1.54) is 0 Å². The van der Waals surface area contributed by atoms with Gasteiger partial charge >= 0.3 is 0 Å². The van der Waals surface area contributed by atoms with Crippen LogP contribution in [-0.4, -0.2) is 44.5 Å². The molecule has 6 nitrogen and oxygen atoms in total. The summed E-state index contributed by atoms with van der Waals surface area (Å²) < 4.78 is 35.8. The second kappa shape index (κ2) is 9.57. The predicted octanol–water partition coefficient (Wildman–Crippen LogP) is 4.80. The van der Waals surface area contributed by atoms with E-state index < -0.39 is 16.1 Å². The Morgan fingerprint density at radius 2 is 1.97 bits per heavy atom. The number of hydrogen-bond acceptors (Lipinski definition) is 5. The fourth-order valence-electron chi connectivity index (χ4n) is 5.64. The molecule has 2 bridgehead atoms. The first-order valence-electron chi connectivity index (χ1n) is 12.0. The molecule has 7 heteroatoms. The molecule has 0 amide bonds. The minimum absolute atomic E-state index is 0.0315. The van der Waals surface area contributed by atoms with Gasteiger partial charge in [0.05, 0.1) is 23.6 Å². The number of hydrogen-bond donors (Lipinski definition) is 1. The maximum Gasteiger partial charge on any atom is 0.241 e. The van der Waals surface area contributed by atoms with E-state index in [1.807, 2.05) is 24.3 Å². The Kier molecular flexibility index (Phi) is 6.49. The monoisotopic (exact) mass is 489 g/mol. The van der Waals surface area contributed by atoms with Crippen molar-refractivity contribution in [3.63, 3.8) is 0 Å². The van der Waals surface area contributed by atoms with Crippen molar-refractivity contribution >= 4 is 27.0 Å². The number of methoxy groups -OCH3 is 1. The molecular weight excluding hydrogens is 458 g/mol. The van der Waals surface area contributed by atoms with Crippen LogP contribution in [-0.2, 0) is 10.0 Å². The first kappa shape index (κ1) is 23.7. The Morgan fingerprint density at radius 3 is 2.63 bits per heavy atom. The Hall–Kier alpha value is -3.00. The van der Waals surface area contributed by atoms with Gasteiger partial charge in [0.15, 0.2) is 0 Å². The van der Waals surface area contributed by atoms with E-state index >= 15 is 0 Å². The number of aromatic nitrogens is 1. The molecule has 1 unspecified atom stereocenters. The standard InChI is InChI=1S/C28H31N3O3S/c1-4-19-6-9-23(10-7-19)35(32,33)30-28(27-16-21-13-15-31(27)18-20(21)5-2)24-12-14-29-26-11-8-22(34-3)17-25(24)26/h4-12,14,17,20-21,27-28,30H,1-2,13,15-16,18H2,3H3/t20-,21-,27+,28-/m0/s1. The summed E-state index contributed by atoms with van der Waals surface area (Å²) in [5.41, 5.74) is 2.59. The van der Waals surface area contributed by atoms with E-state index in [0.29, 0.717) is 17.6 Å². The third kappa shape index (κ3) is 4.51. The van der Waals surface area contributed by atoms with Crippen molar-refractivity contribution in [2.75, 3.05) is 20.2 Å². The third-order valence-electron chi connectivity index (χ3n) is 7.56. The molecule has 0 spiro atoms. The van der Waals surface area contributed by atoms with E-state index in [0.717, 1.165) is 48.0 Å². The molecule has 6 rings (SSSR count). The highest BCUT2D eigenvalue weighted by molar-refractivity contribution is 7.89. The SMILES string of the molecule is C=Cc1ccc(S(=O)(=O)N[C@@H](c2ccnc3ccc(OC)cc23)[C@H]2C[C@@H]3CCN2C[C@@H]3C=C)cc1. The molecule has 182 valence electrons. The van der Waals surface area contributed by atoms with Gasteiger partial charge in [0.1, 0.15) is 5.75 Å². The molecule has 2 aromatic carbocycles. The van der Waals surface area contributed by atoms with Gasteiger partial charge in [-0.3, -0.25) is 9.88 Å². The fraction of sp³-hybridized carbons (Fsp3) is 0.321. The third-order valence-corrected chi connectivity index (χ3v) is 9.02. The molecule has 1 N–H and O–H groups in total. The van der Waals surface area contributed by atoms with Gasteiger partial charge in [0, 0.05) is 24.2 Å². The summed E-state index contributed by atoms with van der Waals surface area (Å²) in [5, 5.41) is 0.893. The van der Waals surface area contributed by atoms with E-state index in [2.05, 4.69) is 33.8 Å². The van der Waals surface area contributed by atoms with E-state index in [1.54, 1.807) is 43.6 Å². The molecule has 1 aromatic heterocycles. The largest absolute Gasteiger partial charge is 0.497 e. The minimum atomic E-state index is -3.78. The number of sulfonamides is 1. The second-order valence-electron chi connectivity index (χ2n) is 9.40. The van der Waals surface area contributed by atoms with Crippen molar-refractivity contribution < 1.29 is 13.2 Å². The number of piperidine rings is 3. The lowest BCUT2D eigenvalue weighted by Gasteiger charge is -2.51. The molecule has 3 aliphatic rings. The number of nitrogens with zero attached hydrogens (tertiary/aromatic N) is 2. The van der Waals surface area contributed by atoms with Crippen LogP contribution < -0.4 is 9.46 Å². The average Bonchev–Trinajstić information content (AvgIpc) is 2.91. The molecule has 0 aliphatic carbocycles. The lowest BCUT2D eigenvalue weighted by atomic mass is 9.73. The summed E-state index contributed by atoms with van der Waals surface area (Å²) in [5.74, 6) is 1.66. The number of nitrogens with one attached hydrogen (secondary N) is 1. The normalized spacial score (nSPS) is 24.7. The molecule has 3 saturated heterocycles. The van der Waals surface area contributed by atoms with Crippen molar-refractivity contribution in [2.24, 2.45) is 11.8 Å². The lowest BCUT2D eigenvalue weighted by molar-refractivity contribution is 0.00490. The number of rotatable bonds is 8. The molecule has 35 heavy (non-hydrogen) atoms. The lowest BCUT2D eigenvalue weighted by Crippen LogP contribution is -2.57. The highest BCUT2D eigenvalue weighted by Gasteiger charge is 2.44. The summed E-state index contributed by atoms with van der Waals surface area (Å²) >= 11 is 0. The molecule has 3 aliphatic heterocycles. The molecule has 3 fully saturated rings. The minimum Gasteiger partial charge on any atom is -0.497 e. The number of pyridine rings is 1. The van der Waals surface area contributed by atoms with E-state index in [-0.39, 0.29) is 10.9 Å². The zero-order valence-electron chi connectivity index (χ0n) is 19.9. The molecule has 5 atom stereocenters. The molecule has 0 saturated carbocycles. The molecular formula is C28H31N3O3S. The maximum absolute atomic E-state index is 13.6. The summed E-state index contributed by atoms with van der Waals surface area (Å²) in [6, 6.07) is 14.1. The van der Waals surface area contributed by atoms with Crippen LogP contribution in [0.15, 0.2) is 78.9 Å². The van der Waals surface area contributed by atoms with Crippen LogP contribution in [0.2, 0.25) is 0 Å².